The molecular weight excluding hydrogens is 252 g/mol. The fourth-order valence-electron chi connectivity index (χ4n) is 1.86. The molecule has 0 bridgehead atoms. The van der Waals surface area contributed by atoms with Gasteiger partial charge in [-0.25, -0.2) is 4.98 Å². The molecule has 0 amide bonds. The van der Waals surface area contributed by atoms with E-state index in [1.165, 1.54) is 0 Å². The Bertz CT molecular complexity index is 694. The van der Waals surface area contributed by atoms with Crippen LogP contribution >= 0.6 is 0 Å². The monoisotopic (exact) mass is 266 g/mol. The van der Waals surface area contributed by atoms with Crippen LogP contribution in [0.4, 0.5) is 5.82 Å². The minimum absolute atomic E-state index is 0.550. The first-order valence-electron chi connectivity index (χ1n) is 6.35. The zero-order valence-corrected chi connectivity index (χ0v) is 11.1. The summed E-state index contributed by atoms with van der Waals surface area (Å²) in [6.07, 6.45) is 3.40. The molecule has 0 aliphatic heterocycles. The van der Waals surface area contributed by atoms with E-state index >= 15 is 0 Å². The Hall–Kier alpha value is -2.69. The van der Waals surface area contributed by atoms with Crippen molar-refractivity contribution < 1.29 is 4.52 Å². The lowest BCUT2D eigenvalue weighted by molar-refractivity contribution is 0.424. The third kappa shape index (κ3) is 2.83. The number of nitrogens with one attached hydrogen (secondary N) is 1. The van der Waals surface area contributed by atoms with Crippen molar-refractivity contribution in [2.24, 2.45) is 0 Å². The molecule has 3 rings (SSSR count). The van der Waals surface area contributed by atoms with Gasteiger partial charge in [0, 0.05) is 17.8 Å². The molecule has 3 aromatic rings. The van der Waals surface area contributed by atoms with Crippen molar-refractivity contribution in [1.29, 1.82) is 0 Å². The maximum Gasteiger partial charge on any atom is 0.167 e. The fourth-order valence-corrected chi connectivity index (χ4v) is 1.86. The normalized spacial score (nSPS) is 10.4. The lowest BCUT2D eigenvalue weighted by Crippen LogP contribution is -2.02. The van der Waals surface area contributed by atoms with Gasteiger partial charge in [-0.3, -0.25) is 4.98 Å². The first-order valence-corrected chi connectivity index (χ1v) is 6.35. The van der Waals surface area contributed by atoms with Crippen LogP contribution in [0.25, 0.3) is 11.3 Å². The maximum absolute atomic E-state index is 5.34. The number of aromatic nitrogens is 3. The van der Waals surface area contributed by atoms with E-state index in [0.29, 0.717) is 6.54 Å². The average Bonchev–Trinajstić information content (AvgIpc) is 2.95. The third-order valence-electron chi connectivity index (χ3n) is 2.82. The molecule has 0 unspecified atom stereocenters. The van der Waals surface area contributed by atoms with Gasteiger partial charge in [-0.2, -0.15) is 0 Å². The first kappa shape index (κ1) is 12.3. The molecule has 0 spiro atoms. The predicted octanol–water partition coefficient (Wildman–Crippen LogP) is 3.05. The van der Waals surface area contributed by atoms with Gasteiger partial charge in [0.05, 0.1) is 18.4 Å². The van der Waals surface area contributed by atoms with Gasteiger partial charge in [-0.05, 0) is 6.92 Å². The van der Waals surface area contributed by atoms with E-state index in [0.717, 1.165) is 28.5 Å². The zero-order chi connectivity index (χ0) is 13.8. The van der Waals surface area contributed by atoms with Crippen LogP contribution in [0.3, 0.4) is 0 Å². The van der Waals surface area contributed by atoms with E-state index in [1.54, 1.807) is 12.4 Å². The summed E-state index contributed by atoms with van der Waals surface area (Å²) in [5.41, 5.74) is 2.72. The Morgan fingerprint density at radius 1 is 1.15 bits per heavy atom. The van der Waals surface area contributed by atoms with E-state index in [1.807, 2.05) is 43.3 Å². The van der Waals surface area contributed by atoms with Gasteiger partial charge in [0.1, 0.15) is 11.5 Å². The Morgan fingerprint density at radius 2 is 2.00 bits per heavy atom. The Morgan fingerprint density at radius 3 is 2.80 bits per heavy atom. The van der Waals surface area contributed by atoms with E-state index in [-0.39, 0.29) is 0 Å². The molecule has 0 atom stereocenters. The number of hydrogen-bond acceptors (Lipinski definition) is 5. The van der Waals surface area contributed by atoms with Crippen molar-refractivity contribution in [1.82, 2.24) is 15.1 Å². The van der Waals surface area contributed by atoms with E-state index in [2.05, 4.69) is 20.4 Å². The standard InChI is InChI=1S/C15H14N4O/c1-11-8-16-10-15(18-11)17-9-13-7-14(20-19-13)12-5-3-2-4-6-12/h2-8,10H,9H2,1H3,(H,17,18). The summed E-state index contributed by atoms with van der Waals surface area (Å²) in [5.74, 6) is 1.49. The molecule has 0 radical (unpaired) electrons. The van der Waals surface area contributed by atoms with Crippen LogP contribution in [0, 0.1) is 6.92 Å². The molecule has 1 aromatic carbocycles. The zero-order valence-electron chi connectivity index (χ0n) is 11.1. The van der Waals surface area contributed by atoms with Crippen molar-refractivity contribution in [3.63, 3.8) is 0 Å². The van der Waals surface area contributed by atoms with Crippen molar-refractivity contribution in [2.75, 3.05) is 5.32 Å². The lowest BCUT2D eigenvalue weighted by Gasteiger charge is -2.02. The number of anilines is 1. The highest BCUT2D eigenvalue weighted by atomic mass is 16.5. The summed E-state index contributed by atoms with van der Waals surface area (Å²) >= 11 is 0. The van der Waals surface area contributed by atoms with Gasteiger partial charge in [-0.15, -0.1) is 0 Å². The number of hydrogen-bond donors (Lipinski definition) is 1. The van der Waals surface area contributed by atoms with Crippen molar-refractivity contribution in [2.45, 2.75) is 13.5 Å². The number of benzene rings is 1. The molecule has 2 aromatic heterocycles. The highest BCUT2D eigenvalue weighted by molar-refractivity contribution is 5.57. The fraction of sp³-hybridized carbons (Fsp3) is 0.133. The number of rotatable bonds is 4. The molecule has 0 fully saturated rings. The average molecular weight is 266 g/mol. The Balaban J connectivity index is 1.69. The summed E-state index contributed by atoms with van der Waals surface area (Å²) in [7, 11) is 0. The van der Waals surface area contributed by atoms with Crippen molar-refractivity contribution in [3.05, 3.63) is 60.2 Å². The summed E-state index contributed by atoms with van der Waals surface area (Å²) < 4.78 is 5.34. The van der Waals surface area contributed by atoms with Crippen molar-refractivity contribution in [3.8, 4) is 11.3 Å². The van der Waals surface area contributed by atoms with Gasteiger partial charge in [-0.1, -0.05) is 35.5 Å². The smallest absolute Gasteiger partial charge is 0.167 e. The lowest BCUT2D eigenvalue weighted by atomic mass is 10.2. The Labute approximate surface area is 116 Å². The van der Waals surface area contributed by atoms with Crippen molar-refractivity contribution >= 4 is 5.82 Å². The van der Waals surface area contributed by atoms with E-state index < -0.39 is 0 Å². The van der Waals surface area contributed by atoms with Gasteiger partial charge < -0.3 is 9.84 Å². The van der Waals surface area contributed by atoms with E-state index in [4.69, 9.17) is 4.52 Å². The van der Waals surface area contributed by atoms with Crippen LogP contribution in [-0.4, -0.2) is 15.1 Å². The van der Waals surface area contributed by atoms with Gasteiger partial charge in [0.15, 0.2) is 5.76 Å². The molecule has 5 nitrogen and oxygen atoms in total. The molecule has 1 N–H and O–H groups in total. The SMILES string of the molecule is Cc1cncc(NCc2cc(-c3ccccc3)on2)n1. The largest absolute Gasteiger partial charge is 0.363 e. The summed E-state index contributed by atoms with van der Waals surface area (Å²) in [4.78, 5) is 8.40. The molecule has 0 saturated carbocycles. The second kappa shape index (κ2) is 5.52. The quantitative estimate of drug-likeness (QED) is 0.786. The minimum atomic E-state index is 0.550. The second-order valence-corrected chi connectivity index (χ2v) is 4.45. The number of aryl methyl sites for hydroxylation is 1. The van der Waals surface area contributed by atoms with Crippen LogP contribution in [0.15, 0.2) is 53.3 Å². The van der Waals surface area contributed by atoms with Crippen LogP contribution in [-0.2, 0) is 6.54 Å². The molecule has 2 heterocycles. The predicted molar refractivity (Wildman–Crippen MR) is 76.0 cm³/mol. The molecular formula is C15H14N4O. The van der Waals surface area contributed by atoms with E-state index in [9.17, 15) is 0 Å². The van der Waals surface area contributed by atoms with Crippen LogP contribution < -0.4 is 5.32 Å². The highest BCUT2D eigenvalue weighted by Gasteiger charge is 2.06. The van der Waals surface area contributed by atoms with Gasteiger partial charge >= 0.3 is 0 Å². The summed E-state index contributed by atoms with van der Waals surface area (Å²) in [6, 6.07) is 11.8. The van der Waals surface area contributed by atoms with Gasteiger partial charge in [0.25, 0.3) is 0 Å². The molecule has 5 heteroatoms. The first-order chi connectivity index (χ1) is 9.81. The molecule has 20 heavy (non-hydrogen) atoms. The minimum Gasteiger partial charge on any atom is -0.363 e. The van der Waals surface area contributed by atoms with Crippen LogP contribution in [0.2, 0.25) is 0 Å². The molecule has 0 aliphatic rings. The summed E-state index contributed by atoms with van der Waals surface area (Å²) in [6.45, 7) is 2.45. The van der Waals surface area contributed by atoms with Crippen LogP contribution in [0.5, 0.6) is 0 Å². The van der Waals surface area contributed by atoms with Crippen LogP contribution in [0.1, 0.15) is 11.4 Å². The highest BCUT2D eigenvalue weighted by Crippen LogP contribution is 2.19. The number of nitrogens with zero attached hydrogens (tertiary/aromatic N) is 3. The molecule has 0 saturated heterocycles. The topological polar surface area (TPSA) is 63.8 Å². The second-order valence-electron chi connectivity index (χ2n) is 4.45. The maximum atomic E-state index is 5.34. The molecule has 100 valence electrons. The Kier molecular flexibility index (Phi) is 3.41. The summed E-state index contributed by atoms with van der Waals surface area (Å²) in [5, 5.41) is 7.21. The van der Waals surface area contributed by atoms with Gasteiger partial charge in [0.2, 0.25) is 0 Å². The third-order valence-corrected chi connectivity index (χ3v) is 2.82. The molecule has 0 aliphatic carbocycles.